The second-order valence-corrected chi connectivity index (χ2v) is 8.94. The number of anilines is 3. The average Bonchev–Trinajstić information content (AvgIpc) is 3.20. The van der Waals surface area contributed by atoms with Crippen molar-refractivity contribution in [2.45, 2.75) is 44.2 Å². The Balaban J connectivity index is 1.74. The zero-order chi connectivity index (χ0) is 21.3. The molecule has 1 heterocycles. The van der Waals surface area contributed by atoms with E-state index in [1.807, 2.05) is 24.3 Å². The lowest BCUT2D eigenvalue weighted by Gasteiger charge is -2.34. The first-order valence-corrected chi connectivity index (χ1v) is 10.6. The third kappa shape index (κ3) is 3.88. The lowest BCUT2D eigenvalue weighted by Crippen LogP contribution is -2.26. The smallest absolute Gasteiger partial charge is 0.0549 e. The van der Waals surface area contributed by atoms with Crippen LogP contribution in [0.2, 0.25) is 0 Å². The molecule has 0 radical (unpaired) electrons. The Morgan fingerprint density at radius 3 is 1.60 bits per heavy atom. The minimum Gasteiger partial charge on any atom is -0.399 e. The van der Waals surface area contributed by atoms with Gasteiger partial charge >= 0.3 is 0 Å². The van der Waals surface area contributed by atoms with Crippen molar-refractivity contribution in [3.05, 3.63) is 89.5 Å². The first-order chi connectivity index (χ1) is 14.4. The van der Waals surface area contributed by atoms with Crippen LogP contribution < -0.4 is 16.4 Å². The Labute approximate surface area is 179 Å². The molecular formula is C26H31N3O. The van der Waals surface area contributed by atoms with Crippen molar-refractivity contribution in [1.82, 2.24) is 0 Å². The quantitative estimate of drug-likeness (QED) is 0.513. The topological polar surface area (TPSA) is 75.5 Å². The van der Waals surface area contributed by atoms with Crippen molar-refractivity contribution in [1.29, 1.82) is 0 Å². The molecule has 2 atom stereocenters. The molecule has 1 saturated heterocycles. The van der Waals surface area contributed by atoms with Crippen LogP contribution in [-0.2, 0) is 5.41 Å². The standard InChI is InChI=1S/C26H31N3O/c1-26(2,17-30)20-7-13-23(14-8-20)29-24(18-3-9-21(27)10-4-18)15-16-25(29)19-5-11-22(28)12-6-19/h3-14,24-25,30H,15-17,27-28H2,1-2H3/t24-,25-/m0/s1. The van der Waals surface area contributed by atoms with Gasteiger partial charge < -0.3 is 21.5 Å². The summed E-state index contributed by atoms with van der Waals surface area (Å²) in [6.07, 6.45) is 2.14. The first-order valence-electron chi connectivity index (χ1n) is 10.6. The highest BCUT2D eigenvalue weighted by Crippen LogP contribution is 2.47. The molecule has 0 unspecified atom stereocenters. The summed E-state index contributed by atoms with van der Waals surface area (Å²) in [7, 11) is 0. The van der Waals surface area contributed by atoms with Crippen molar-refractivity contribution in [2.24, 2.45) is 0 Å². The van der Waals surface area contributed by atoms with Crippen LogP contribution in [0.5, 0.6) is 0 Å². The molecule has 3 aromatic carbocycles. The van der Waals surface area contributed by atoms with Gasteiger partial charge in [-0.2, -0.15) is 0 Å². The van der Waals surface area contributed by atoms with Crippen LogP contribution in [0.15, 0.2) is 72.8 Å². The summed E-state index contributed by atoms with van der Waals surface area (Å²) in [5.74, 6) is 0. The summed E-state index contributed by atoms with van der Waals surface area (Å²) in [4.78, 5) is 2.52. The van der Waals surface area contributed by atoms with Gasteiger partial charge in [0, 0.05) is 22.5 Å². The van der Waals surface area contributed by atoms with Crippen molar-refractivity contribution >= 4 is 17.1 Å². The van der Waals surface area contributed by atoms with E-state index in [4.69, 9.17) is 11.5 Å². The molecule has 30 heavy (non-hydrogen) atoms. The first kappa shape index (κ1) is 20.3. The number of hydrogen-bond acceptors (Lipinski definition) is 4. The van der Waals surface area contributed by atoms with E-state index in [-0.39, 0.29) is 24.1 Å². The SMILES string of the molecule is CC(C)(CO)c1ccc(N2[C@H](c3ccc(N)cc3)CC[C@H]2c2ccc(N)cc2)cc1. The zero-order valence-corrected chi connectivity index (χ0v) is 17.8. The van der Waals surface area contributed by atoms with Crippen LogP contribution in [-0.4, -0.2) is 11.7 Å². The van der Waals surface area contributed by atoms with Crippen LogP contribution in [0.3, 0.4) is 0 Å². The molecule has 4 heteroatoms. The molecule has 5 N–H and O–H groups in total. The van der Waals surface area contributed by atoms with E-state index in [2.05, 4.69) is 67.3 Å². The van der Waals surface area contributed by atoms with Gasteiger partial charge in [0.05, 0.1) is 18.7 Å². The van der Waals surface area contributed by atoms with E-state index >= 15 is 0 Å². The lowest BCUT2D eigenvalue weighted by molar-refractivity contribution is 0.218. The van der Waals surface area contributed by atoms with Gasteiger partial charge in [-0.15, -0.1) is 0 Å². The number of benzene rings is 3. The summed E-state index contributed by atoms with van der Waals surface area (Å²) in [5.41, 5.74) is 18.1. The second-order valence-electron chi connectivity index (χ2n) is 8.94. The maximum Gasteiger partial charge on any atom is 0.0549 e. The Morgan fingerprint density at radius 2 is 1.20 bits per heavy atom. The molecular weight excluding hydrogens is 370 g/mol. The maximum absolute atomic E-state index is 9.72. The third-order valence-electron chi connectivity index (χ3n) is 6.37. The minimum absolute atomic E-state index is 0.123. The van der Waals surface area contributed by atoms with E-state index in [1.165, 1.54) is 16.8 Å². The Kier molecular flexibility index (Phi) is 5.44. The molecule has 4 nitrogen and oxygen atoms in total. The Morgan fingerprint density at radius 1 is 0.767 bits per heavy atom. The number of nitrogens with zero attached hydrogens (tertiary/aromatic N) is 1. The molecule has 0 bridgehead atoms. The molecule has 0 saturated carbocycles. The summed E-state index contributed by atoms with van der Waals surface area (Å²) in [5, 5.41) is 9.72. The highest BCUT2D eigenvalue weighted by molar-refractivity contribution is 5.56. The molecule has 1 aliphatic heterocycles. The fourth-order valence-electron chi connectivity index (χ4n) is 4.44. The minimum atomic E-state index is -0.254. The molecule has 1 aliphatic rings. The molecule has 0 aromatic heterocycles. The number of nitrogens with two attached hydrogens (primary N) is 2. The predicted octanol–water partition coefficient (Wildman–Crippen LogP) is 5.20. The van der Waals surface area contributed by atoms with Gasteiger partial charge in [0.1, 0.15) is 0 Å². The number of hydrogen-bond donors (Lipinski definition) is 3. The average molecular weight is 402 g/mol. The molecule has 156 valence electrons. The number of nitrogen functional groups attached to an aromatic ring is 2. The van der Waals surface area contributed by atoms with Crippen LogP contribution in [0.1, 0.15) is 55.5 Å². The van der Waals surface area contributed by atoms with Gasteiger partial charge in [-0.05, 0) is 65.9 Å². The third-order valence-corrected chi connectivity index (χ3v) is 6.37. The maximum atomic E-state index is 9.72. The Bertz CT molecular complexity index is 925. The highest BCUT2D eigenvalue weighted by atomic mass is 16.3. The van der Waals surface area contributed by atoms with Crippen LogP contribution in [0.4, 0.5) is 17.1 Å². The van der Waals surface area contributed by atoms with E-state index in [0.717, 1.165) is 29.8 Å². The van der Waals surface area contributed by atoms with E-state index in [1.54, 1.807) is 0 Å². The fourth-order valence-corrected chi connectivity index (χ4v) is 4.44. The number of aliphatic hydroxyl groups excluding tert-OH is 1. The normalized spacial score (nSPS) is 19.2. The van der Waals surface area contributed by atoms with Crippen LogP contribution >= 0.6 is 0 Å². The van der Waals surface area contributed by atoms with Crippen molar-refractivity contribution < 1.29 is 5.11 Å². The second kappa shape index (κ2) is 8.04. The van der Waals surface area contributed by atoms with Gasteiger partial charge in [0.25, 0.3) is 0 Å². The van der Waals surface area contributed by atoms with Crippen LogP contribution in [0, 0.1) is 0 Å². The van der Waals surface area contributed by atoms with E-state index in [0.29, 0.717) is 0 Å². The van der Waals surface area contributed by atoms with Crippen molar-refractivity contribution in [3.63, 3.8) is 0 Å². The summed E-state index contributed by atoms with van der Waals surface area (Å²) < 4.78 is 0. The summed E-state index contributed by atoms with van der Waals surface area (Å²) in [6, 6.07) is 25.7. The number of aliphatic hydroxyl groups is 1. The lowest BCUT2D eigenvalue weighted by atomic mass is 9.85. The molecule has 4 rings (SSSR count). The highest BCUT2D eigenvalue weighted by Gasteiger charge is 2.35. The van der Waals surface area contributed by atoms with Gasteiger partial charge in [-0.25, -0.2) is 0 Å². The predicted molar refractivity (Wildman–Crippen MR) is 125 cm³/mol. The Hall–Kier alpha value is -2.98. The van der Waals surface area contributed by atoms with E-state index < -0.39 is 0 Å². The van der Waals surface area contributed by atoms with Crippen molar-refractivity contribution in [3.8, 4) is 0 Å². The summed E-state index contributed by atoms with van der Waals surface area (Å²) in [6.45, 7) is 4.25. The molecule has 0 spiro atoms. The zero-order valence-electron chi connectivity index (χ0n) is 17.8. The number of rotatable bonds is 5. The van der Waals surface area contributed by atoms with Gasteiger partial charge in [0.15, 0.2) is 0 Å². The molecule has 3 aromatic rings. The van der Waals surface area contributed by atoms with Gasteiger partial charge in [-0.1, -0.05) is 50.2 Å². The monoisotopic (exact) mass is 401 g/mol. The molecule has 1 fully saturated rings. The summed E-state index contributed by atoms with van der Waals surface area (Å²) >= 11 is 0. The molecule has 0 aliphatic carbocycles. The molecule has 0 amide bonds. The van der Waals surface area contributed by atoms with Gasteiger partial charge in [0.2, 0.25) is 0 Å². The largest absolute Gasteiger partial charge is 0.399 e. The fraction of sp³-hybridized carbons (Fsp3) is 0.308. The van der Waals surface area contributed by atoms with Crippen LogP contribution in [0.25, 0.3) is 0 Å². The van der Waals surface area contributed by atoms with Crippen molar-refractivity contribution in [2.75, 3.05) is 23.0 Å². The van der Waals surface area contributed by atoms with E-state index in [9.17, 15) is 5.11 Å². The van der Waals surface area contributed by atoms with Gasteiger partial charge in [-0.3, -0.25) is 0 Å².